The summed E-state index contributed by atoms with van der Waals surface area (Å²) in [6, 6.07) is 10.3. The first-order chi connectivity index (χ1) is 16.7. The summed E-state index contributed by atoms with van der Waals surface area (Å²) in [7, 11) is 1.50. The topological polar surface area (TPSA) is 108 Å². The van der Waals surface area contributed by atoms with E-state index in [1.54, 1.807) is 58.0 Å². The van der Waals surface area contributed by atoms with Gasteiger partial charge in [-0.2, -0.15) is 0 Å². The molecule has 2 unspecified atom stereocenters. The highest BCUT2D eigenvalue weighted by Gasteiger charge is 2.36. The van der Waals surface area contributed by atoms with Crippen LogP contribution >= 0.6 is 0 Å². The van der Waals surface area contributed by atoms with Gasteiger partial charge in [0.1, 0.15) is 23.4 Å². The molecule has 0 aromatic heterocycles. The van der Waals surface area contributed by atoms with Crippen LogP contribution in [-0.4, -0.2) is 46.6 Å². The van der Waals surface area contributed by atoms with Gasteiger partial charge in [-0.25, -0.2) is 4.79 Å². The second kappa shape index (κ2) is 11.9. The fourth-order valence-electron chi connectivity index (χ4n) is 3.86. The van der Waals surface area contributed by atoms with Crippen LogP contribution < -0.4 is 10.6 Å². The van der Waals surface area contributed by atoms with Crippen molar-refractivity contribution in [3.05, 3.63) is 59.2 Å². The minimum atomic E-state index is -1.15. The molecule has 0 aliphatic carbocycles. The lowest BCUT2D eigenvalue weighted by Crippen LogP contribution is -2.51. The summed E-state index contributed by atoms with van der Waals surface area (Å²) in [4.78, 5) is 41.1. The van der Waals surface area contributed by atoms with Gasteiger partial charge in [-0.1, -0.05) is 50.2 Å². The van der Waals surface area contributed by atoms with Crippen LogP contribution in [0.3, 0.4) is 0 Å². The molecule has 0 radical (unpaired) electrons. The standard InChI is InChI=1S/C28H39N3O5/c1-17(2)16-22(30-27(35)36-28(5,6)7)26(34)31(8)23(20-14-11-13-19(4)24(20)32)25(33)29-21-15-10-9-12-18(21)3/h9-15,17,22-23,32H,16H2,1-8H3,(H,29,33)(H,30,35). The van der Waals surface area contributed by atoms with Crippen molar-refractivity contribution in [2.24, 2.45) is 5.92 Å². The lowest BCUT2D eigenvalue weighted by atomic mass is 9.98. The van der Waals surface area contributed by atoms with E-state index in [9.17, 15) is 19.5 Å². The number of amides is 3. The Balaban J connectivity index is 2.45. The monoisotopic (exact) mass is 497 g/mol. The molecule has 0 aliphatic rings. The summed E-state index contributed by atoms with van der Waals surface area (Å²) in [5, 5.41) is 16.4. The molecule has 196 valence electrons. The molecule has 3 N–H and O–H groups in total. The Morgan fingerprint density at radius 3 is 2.19 bits per heavy atom. The summed E-state index contributed by atoms with van der Waals surface area (Å²) < 4.78 is 5.36. The number of phenols is 1. The third-order valence-electron chi connectivity index (χ3n) is 5.65. The van der Waals surface area contributed by atoms with Crippen LogP contribution in [0.5, 0.6) is 5.75 Å². The summed E-state index contributed by atoms with van der Waals surface area (Å²) in [6.07, 6.45) is -0.372. The number of carbonyl (C=O) groups is 3. The number of rotatable bonds is 8. The highest BCUT2D eigenvalue weighted by atomic mass is 16.6. The number of para-hydroxylation sites is 2. The average Bonchev–Trinajstić information content (AvgIpc) is 2.75. The lowest BCUT2D eigenvalue weighted by Gasteiger charge is -2.32. The molecule has 3 amide bonds. The van der Waals surface area contributed by atoms with Gasteiger partial charge >= 0.3 is 6.09 Å². The van der Waals surface area contributed by atoms with Gasteiger partial charge in [0, 0.05) is 18.3 Å². The zero-order valence-corrected chi connectivity index (χ0v) is 22.5. The molecule has 0 spiro atoms. The van der Waals surface area contributed by atoms with Crippen molar-refractivity contribution in [1.82, 2.24) is 10.2 Å². The Kier molecular flexibility index (Phi) is 9.50. The Morgan fingerprint density at radius 1 is 1.00 bits per heavy atom. The highest BCUT2D eigenvalue weighted by Crippen LogP contribution is 2.32. The van der Waals surface area contributed by atoms with Gasteiger partial charge in [-0.05, 0) is 64.2 Å². The van der Waals surface area contributed by atoms with Crippen molar-refractivity contribution in [1.29, 1.82) is 0 Å². The van der Waals surface area contributed by atoms with Crippen LogP contribution in [0.4, 0.5) is 10.5 Å². The number of hydrogen-bond donors (Lipinski definition) is 3. The number of nitrogens with zero attached hydrogens (tertiary/aromatic N) is 1. The quantitative estimate of drug-likeness (QED) is 0.471. The number of ether oxygens (including phenoxy) is 1. The zero-order chi connectivity index (χ0) is 27.2. The summed E-state index contributed by atoms with van der Waals surface area (Å²) in [5.41, 5.74) is 1.60. The van der Waals surface area contributed by atoms with Crippen molar-refractivity contribution < 1.29 is 24.2 Å². The second-order valence-corrected chi connectivity index (χ2v) is 10.5. The third kappa shape index (κ3) is 7.73. The first kappa shape index (κ1) is 28.7. The first-order valence-corrected chi connectivity index (χ1v) is 12.1. The molecule has 2 aromatic rings. The molecule has 0 saturated heterocycles. The van der Waals surface area contributed by atoms with E-state index in [0.717, 1.165) is 5.56 Å². The largest absolute Gasteiger partial charge is 0.507 e. The van der Waals surface area contributed by atoms with E-state index in [1.807, 2.05) is 32.9 Å². The van der Waals surface area contributed by atoms with Gasteiger partial charge in [0.05, 0.1) is 0 Å². The molecule has 2 atom stereocenters. The van der Waals surface area contributed by atoms with E-state index in [0.29, 0.717) is 17.7 Å². The Morgan fingerprint density at radius 2 is 1.61 bits per heavy atom. The fraction of sp³-hybridized carbons (Fsp3) is 0.464. The number of likely N-dealkylation sites (N-methyl/N-ethyl adjacent to an activating group) is 1. The number of alkyl carbamates (subject to hydrolysis) is 1. The fourth-order valence-corrected chi connectivity index (χ4v) is 3.86. The zero-order valence-electron chi connectivity index (χ0n) is 22.5. The van der Waals surface area contributed by atoms with Crippen LogP contribution in [-0.2, 0) is 14.3 Å². The molecule has 8 nitrogen and oxygen atoms in total. The van der Waals surface area contributed by atoms with Crippen LogP contribution in [0.2, 0.25) is 0 Å². The Hall–Kier alpha value is -3.55. The number of aromatic hydroxyl groups is 1. The van der Waals surface area contributed by atoms with E-state index in [2.05, 4.69) is 10.6 Å². The van der Waals surface area contributed by atoms with Crippen molar-refractivity contribution in [3.63, 3.8) is 0 Å². The second-order valence-electron chi connectivity index (χ2n) is 10.5. The van der Waals surface area contributed by atoms with Crippen molar-refractivity contribution in [3.8, 4) is 5.75 Å². The molecular formula is C28H39N3O5. The number of hydrogen-bond acceptors (Lipinski definition) is 5. The normalized spacial score (nSPS) is 13.0. The van der Waals surface area contributed by atoms with Gasteiger partial charge in [0.2, 0.25) is 5.91 Å². The summed E-state index contributed by atoms with van der Waals surface area (Å²) in [6.45, 7) is 12.7. The van der Waals surface area contributed by atoms with Crippen LogP contribution in [0.25, 0.3) is 0 Å². The number of anilines is 1. The molecular weight excluding hydrogens is 458 g/mol. The SMILES string of the molecule is Cc1ccccc1NC(=O)C(c1cccc(C)c1O)N(C)C(=O)C(CC(C)C)NC(=O)OC(C)(C)C. The van der Waals surface area contributed by atoms with Crippen molar-refractivity contribution >= 4 is 23.6 Å². The maximum atomic E-state index is 13.7. The summed E-state index contributed by atoms with van der Waals surface area (Å²) in [5.74, 6) is -0.946. The maximum absolute atomic E-state index is 13.7. The number of phenolic OH excluding ortho intramolecular Hbond substituents is 1. The number of nitrogens with one attached hydrogen (secondary N) is 2. The highest BCUT2D eigenvalue weighted by molar-refractivity contribution is 5.99. The van der Waals surface area contributed by atoms with Crippen molar-refractivity contribution in [2.45, 2.75) is 72.6 Å². The van der Waals surface area contributed by atoms with Gasteiger partial charge < -0.3 is 25.4 Å². The van der Waals surface area contributed by atoms with Crippen LogP contribution in [0.15, 0.2) is 42.5 Å². The Bertz CT molecular complexity index is 1090. The Labute approximate surface area is 214 Å². The maximum Gasteiger partial charge on any atom is 0.408 e. The van der Waals surface area contributed by atoms with E-state index in [1.165, 1.54) is 11.9 Å². The van der Waals surface area contributed by atoms with Crippen molar-refractivity contribution in [2.75, 3.05) is 12.4 Å². The molecule has 8 heteroatoms. The van der Waals surface area contributed by atoms with E-state index in [-0.39, 0.29) is 17.2 Å². The molecule has 0 heterocycles. The van der Waals surface area contributed by atoms with E-state index >= 15 is 0 Å². The summed E-state index contributed by atoms with van der Waals surface area (Å²) >= 11 is 0. The third-order valence-corrected chi connectivity index (χ3v) is 5.65. The number of aryl methyl sites for hydroxylation is 2. The van der Waals surface area contributed by atoms with Gasteiger partial charge in [-0.15, -0.1) is 0 Å². The molecule has 2 aromatic carbocycles. The smallest absolute Gasteiger partial charge is 0.408 e. The molecule has 0 bridgehead atoms. The van der Waals surface area contributed by atoms with Gasteiger partial charge in [-0.3, -0.25) is 9.59 Å². The van der Waals surface area contributed by atoms with Gasteiger partial charge in [0.25, 0.3) is 5.91 Å². The molecule has 2 rings (SSSR count). The molecule has 0 aliphatic heterocycles. The number of benzene rings is 2. The predicted octanol–water partition coefficient (Wildman–Crippen LogP) is 5.09. The van der Waals surface area contributed by atoms with Crippen LogP contribution in [0.1, 0.15) is 63.8 Å². The molecule has 36 heavy (non-hydrogen) atoms. The van der Waals surface area contributed by atoms with Crippen LogP contribution in [0, 0.1) is 19.8 Å². The minimum absolute atomic E-state index is 0.0670. The average molecular weight is 498 g/mol. The number of carbonyl (C=O) groups excluding carboxylic acids is 3. The predicted molar refractivity (Wildman–Crippen MR) is 141 cm³/mol. The lowest BCUT2D eigenvalue weighted by molar-refractivity contribution is -0.139. The van der Waals surface area contributed by atoms with Gasteiger partial charge in [0.15, 0.2) is 0 Å². The van der Waals surface area contributed by atoms with E-state index in [4.69, 9.17) is 4.74 Å². The molecule has 0 saturated carbocycles. The molecule has 0 fully saturated rings. The van der Waals surface area contributed by atoms with E-state index < -0.39 is 35.6 Å². The first-order valence-electron chi connectivity index (χ1n) is 12.1. The minimum Gasteiger partial charge on any atom is -0.507 e.